The Balaban J connectivity index is 0.00000102. The van der Waals surface area contributed by atoms with Crippen LogP contribution >= 0.6 is 48.8 Å². The maximum Gasteiger partial charge on any atom is 0.204 e. The zero-order chi connectivity index (χ0) is 38.4. The van der Waals surface area contributed by atoms with E-state index in [1.807, 2.05) is 0 Å². The van der Waals surface area contributed by atoms with Crippen LogP contribution in [0, 0.1) is 0 Å². The van der Waals surface area contributed by atoms with Gasteiger partial charge in [0.2, 0.25) is 22.4 Å². The van der Waals surface area contributed by atoms with Crippen LogP contribution < -0.4 is 20.3 Å². The van der Waals surface area contributed by atoms with Crippen LogP contribution in [0.2, 0.25) is 0 Å². The summed E-state index contributed by atoms with van der Waals surface area (Å²) < 4.78 is 21.2. The van der Waals surface area contributed by atoms with Gasteiger partial charge in [-0.3, -0.25) is 14.5 Å². The van der Waals surface area contributed by atoms with Gasteiger partial charge in [-0.1, -0.05) is 45.5 Å². The standard InChI is InChI=1S/C22H23NO6.C16H12O6.CH4O.2CH4.2ClH.HI/c1-28-22-19(26)15(11-23-9-3-2-4-10-23)21-17(20(22)27)18(25)16(12-29-21)13-5-7-14(24)8-6-13;1-21-16-11(18)6-12-13(15(16)20)14(19)10(7-22-12)8-2-4-9(17)5-3-8;1-2;;;;;/h5-8,12,24,26-27H,2-4,9-11H2,1H3;2-7,17-18,20H,1H3;2H,1H3;2*1H4;3*1H. The van der Waals surface area contributed by atoms with E-state index < -0.39 is 22.4 Å². The molecule has 0 atom stereocenters. The van der Waals surface area contributed by atoms with Crippen LogP contribution in [0.1, 0.15) is 39.7 Å². The Labute approximate surface area is 364 Å². The number of aliphatic hydroxyl groups excluding tert-OH is 1. The van der Waals surface area contributed by atoms with E-state index in [1.54, 1.807) is 24.3 Å². The molecule has 6 aromatic rings. The highest BCUT2D eigenvalue weighted by Crippen LogP contribution is 2.46. The predicted octanol–water partition coefficient (Wildman–Crippen LogP) is 8.50. The zero-order valence-corrected chi connectivity index (χ0v) is 34.3. The number of benzene rings is 4. The van der Waals surface area contributed by atoms with E-state index in [0.29, 0.717) is 23.2 Å². The molecule has 0 unspecified atom stereocenters. The van der Waals surface area contributed by atoms with Gasteiger partial charge in [0.15, 0.2) is 23.0 Å². The number of halogens is 3. The minimum atomic E-state index is -0.480. The van der Waals surface area contributed by atoms with Crippen molar-refractivity contribution in [2.75, 3.05) is 34.4 Å². The molecule has 17 heteroatoms. The van der Waals surface area contributed by atoms with Gasteiger partial charge < -0.3 is 54.1 Å². The second-order valence-electron chi connectivity index (χ2n) is 12.0. The lowest BCUT2D eigenvalue weighted by Gasteiger charge is -2.27. The zero-order valence-electron chi connectivity index (χ0n) is 30.3. The summed E-state index contributed by atoms with van der Waals surface area (Å²) in [5.74, 6) is -1.65. The van der Waals surface area contributed by atoms with Gasteiger partial charge in [-0.2, -0.15) is 0 Å². The molecular weight excluding hydrogens is 912 g/mol. The largest absolute Gasteiger partial charge is 0.508 e. The van der Waals surface area contributed by atoms with Gasteiger partial charge in [-0.15, -0.1) is 48.8 Å². The number of piperidine rings is 1. The molecule has 1 fully saturated rings. The van der Waals surface area contributed by atoms with Crippen molar-refractivity contribution in [2.24, 2.45) is 0 Å². The molecule has 318 valence electrons. The first-order valence-electron chi connectivity index (χ1n) is 16.4. The molecular formula is C41H50Cl2INO13. The van der Waals surface area contributed by atoms with E-state index >= 15 is 0 Å². The van der Waals surface area contributed by atoms with E-state index in [-0.39, 0.29) is 131 Å². The Morgan fingerprint density at radius 2 is 1.09 bits per heavy atom. The molecule has 0 aliphatic carbocycles. The monoisotopic (exact) mass is 961 g/mol. The summed E-state index contributed by atoms with van der Waals surface area (Å²) >= 11 is 0. The first-order valence-corrected chi connectivity index (χ1v) is 16.4. The second-order valence-corrected chi connectivity index (χ2v) is 12.0. The number of aromatic hydroxyl groups is 6. The van der Waals surface area contributed by atoms with E-state index in [0.717, 1.165) is 33.0 Å². The number of phenolic OH excluding ortho intramolecular Hbond substituents is 6. The normalized spacial score (nSPS) is 11.7. The molecule has 3 heterocycles. The molecule has 1 aliphatic heterocycles. The Morgan fingerprint density at radius 3 is 1.57 bits per heavy atom. The molecule has 1 aliphatic rings. The molecule has 0 radical (unpaired) electrons. The minimum Gasteiger partial charge on any atom is -0.508 e. The topological polar surface area (TPSA) is 224 Å². The van der Waals surface area contributed by atoms with Gasteiger partial charge in [0.1, 0.15) is 46.0 Å². The quantitative estimate of drug-likeness (QED) is 0.0778. The van der Waals surface area contributed by atoms with E-state index in [9.17, 15) is 40.2 Å². The Bertz CT molecular complexity index is 2360. The Hall–Kier alpha value is -5.07. The van der Waals surface area contributed by atoms with Gasteiger partial charge in [-0.05, 0) is 61.3 Å². The third-order valence-corrected chi connectivity index (χ3v) is 8.79. The van der Waals surface area contributed by atoms with E-state index in [4.69, 9.17) is 23.4 Å². The van der Waals surface area contributed by atoms with Crippen LogP contribution in [0.5, 0.6) is 46.0 Å². The van der Waals surface area contributed by atoms with Crippen molar-refractivity contribution in [2.45, 2.75) is 40.7 Å². The third kappa shape index (κ3) is 10.7. The van der Waals surface area contributed by atoms with Gasteiger partial charge in [0.05, 0.1) is 30.9 Å². The molecule has 4 aromatic carbocycles. The van der Waals surface area contributed by atoms with Crippen molar-refractivity contribution in [3.63, 3.8) is 0 Å². The SMILES string of the molecule is C.C.CO.COc1c(O)c(CN2CCCCC2)c2occ(-c3ccc(O)cc3)c(=O)c2c1O.COc1c(O)cc2occ(-c3ccc(O)cc3)c(=O)c2c1O.Cl.Cl.I. The molecule has 7 N–H and O–H groups in total. The lowest BCUT2D eigenvalue weighted by atomic mass is 10.0. The first kappa shape index (κ1) is 52.9. The molecule has 0 bridgehead atoms. The fourth-order valence-electron chi connectivity index (χ4n) is 6.17. The molecule has 0 saturated carbocycles. The number of aliphatic hydroxyl groups is 1. The number of ether oxygens (including phenoxy) is 2. The third-order valence-electron chi connectivity index (χ3n) is 8.79. The lowest BCUT2D eigenvalue weighted by molar-refractivity contribution is 0.217. The number of hydrogen-bond acceptors (Lipinski definition) is 14. The van der Waals surface area contributed by atoms with Gasteiger partial charge in [-0.25, -0.2) is 0 Å². The minimum absolute atomic E-state index is 0. The van der Waals surface area contributed by atoms with Crippen molar-refractivity contribution in [1.29, 1.82) is 0 Å². The lowest BCUT2D eigenvalue weighted by Crippen LogP contribution is -2.29. The summed E-state index contributed by atoms with van der Waals surface area (Å²) in [5, 5.41) is 66.9. The van der Waals surface area contributed by atoms with E-state index in [1.165, 1.54) is 63.5 Å². The van der Waals surface area contributed by atoms with Crippen LogP contribution in [0.15, 0.2) is 85.5 Å². The highest BCUT2D eigenvalue weighted by molar-refractivity contribution is 14.0. The maximum absolute atomic E-state index is 13.2. The average molecular weight is 963 g/mol. The van der Waals surface area contributed by atoms with Crippen LogP contribution in [0.25, 0.3) is 44.2 Å². The molecule has 0 amide bonds. The molecule has 14 nitrogen and oxygen atoms in total. The van der Waals surface area contributed by atoms with Gasteiger partial charge in [0.25, 0.3) is 0 Å². The predicted molar refractivity (Wildman–Crippen MR) is 240 cm³/mol. The molecule has 58 heavy (non-hydrogen) atoms. The fourth-order valence-corrected chi connectivity index (χ4v) is 6.17. The van der Waals surface area contributed by atoms with Crippen molar-refractivity contribution < 1.29 is 54.1 Å². The summed E-state index contributed by atoms with van der Waals surface area (Å²) in [5.41, 5.74) is 1.24. The van der Waals surface area contributed by atoms with Crippen LogP contribution in [-0.4, -0.2) is 75.1 Å². The average Bonchev–Trinajstić information content (AvgIpc) is 3.16. The van der Waals surface area contributed by atoms with Crippen LogP contribution in [0.4, 0.5) is 0 Å². The summed E-state index contributed by atoms with van der Waals surface area (Å²) in [7, 11) is 3.60. The highest BCUT2D eigenvalue weighted by atomic mass is 127. The number of rotatable bonds is 6. The number of likely N-dealkylation sites (tertiary alicyclic amines) is 1. The molecule has 7 rings (SSSR count). The van der Waals surface area contributed by atoms with Gasteiger partial charge in [0, 0.05) is 19.7 Å². The molecule has 1 saturated heterocycles. The van der Waals surface area contributed by atoms with Crippen molar-refractivity contribution in [3.8, 4) is 68.2 Å². The summed E-state index contributed by atoms with van der Waals surface area (Å²) in [6, 6.07) is 13.3. The summed E-state index contributed by atoms with van der Waals surface area (Å²) in [6.45, 7) is 2.17. The first-order chi connectivity index (χ1) is 25.5. The van der Waals surface area contributed by atoms with Crippen molar-refractivity contribution >= 4 is 70.7 Å². The second kappa shape index (κ2) is 23.4. The smallest absolute Gasteiger partial charge is 0.204 e. The maximum atomic E-state index is 13.2. The Morgan fingerprint density at radius 1 is 0.638 bits per heavy atom. The summed E-state index contributed by atoms with van der Waals surface area (Å²) in [4.78, 5) is 28.0. The molecule has 0 spiro atoms. The number of methoxy groups -OCH3 is 2. The van der Waals surface area contributed by atoms with Crippen LogP contribution in [0.3, 0.4) is 0 Å². The number of phenols is 6. The van der Waals surface area contributed by atoms with Crippen molar-refractivity contribution in [1.82, 2.24) is 4.90 Å². The number of fused-ring (bicyclic) bond motifs is 2. The highest BCUT2D eigenvalue weighted by Gasteiger charge is 2.27. The van der Waals surface area contributed by atoms with Crippen LogP contribution in [-0.2, 0) is 6.54 Å². The molecule has 2 aromatic heterocycles. The number of nitrogens with zero attached hydrogens (tertiary/aromatic N) is 1. The number of hydrogen-bond donors (Lipinski definition) is 7. The fraction of sp³-hybridized carbons (Fsp3) is 0.268. The van der Waals surface area contributed by atoms with E-state index in [2.05, 4.69) is 4.90 Å². The van der Waals surface area contributed by atoms with Crippen molar-refractivity contribution in [3.05, 3.63) is 93.1 Å². The Kier molecular flexibility index (Phi) is 21.3. The summed E-state index contributed by atoms with van der Waals surface area (Å²) in [6.07, 6.45) is 5.88. The van der Waals surface area contributed by atoms with Gasteiger partial charge >= 0.3 is 0 Å².